The summed E-state index contributed by atoms with van der Waals surface area (Å²) in [6.07, 6.45) is 11.8. The van der Waals surface area contributed by atoms with Gasteiger partial charge >= 0.3 is 0 Å². The maximum Gasteiger partial charge on any atom is 0.278 e. The highest BCUT2D eigenvalue weighted by atomic mass is 32.2. The SMILES string of the molecule is CCCCCCCCC1Cc2ccc(-c3ccc(C(C)(c4ccc(C)cc4)S(=O)(=O)O)cc3)cc2C1. The number of benzene rings is 3. The van der Waals surface area contributed by atoms with E-state index in [1.54, 1.807) is 19.1 Å². The van der Waals surface area contributed by atoms with Crippen LogP contribution in [0.2, 0.25) is 0 Å². The molecule has 36 heavy (non-hydrogen) atoms. The second-order valence-electron chi connectivity index (χ2n) is 10.8. The van der Waals surface area contributed by atoms with Crippen LogP contribution in [0, 0.1) is 12.8 Å². The monoisotopic (exact) mass is 504 g/mol. The van der Waals surface area contributed by atoms with Crippen LogP contribution in [-0.2, 0) is 27.7 Å². The minimum Gasteiger partial charge on any atom is -0.285 e. The molecule has 0 fully saturated rings. The van der Waals surface area contributed by atoms with Gasteiger partial charge in [0, 0.05) is 0 Å². The first-order chi connectivity index (χ1) is 17.2. The van der Waals surface area contributed by atoms with E-state index in [-0.39, 0.29) is 0 Å². The average molecular weight is 505 g/mol. The molecule has 3 nitrogen and oxygen atoms in total. The molecular weight excluding hydrogens is 464 g/mol. The van der Waals surface area contributed by atoms with Gasteiger partial charge in [-0.25, -0.2) is 0 Å². The Bertz CT molecular complexity index is 1260. The molecule has 2 atom stereocenters. The Morgan fingerprint density at radius 3 is 1.97 bits per heavy atom. The molecule has 2 unspecified atom stereocenters. The number of rotatable bonds is 11. The van der Waals surface area contributed by atoms with Crippen LogP contribution in [0.25, 0.3) is 11.1 Å². The Morgan fingerprint density at radius 1 is 0.778 bits per heavy atom. The predicted molar refractivity (Wildman–Crippen MR) is 150 cm³/mol. The van der Waals surface area contributed by atoms with Crippen molar-refractivity contribution < 1.29 is 13.0 Å². The summed E-state index contributed by atoms with van der Waals surface area (Å²) in [5.74, 6) is 0.758. The highest BCUT2D eigenvalue weighted by Gasteiger charge is 2.41. The Balaban J connectivity index is 1.48. The number of hydrogen-bond acceptors (Lipinski definition) is 2. The summed E-state index contributed by atoms with van der Waals surface area (Å²) in [7, 11) is -4.39. The first kappa shape index (κ1) is 26.6. The molecule has 1 aliphatic carbocycles. The summed E-state index contributed by atoms with van der Waals surface area (Å²) in [6, 6.07) is 21.7. The fraction of sp³-hybridized carbons (Fsp3) is 0.438. The Morgan fingerprint density at radius 2 is 1.33 bits per heavy atom. The molecule has 3 aromatic carbocycles. The molecule has 4 heteroatoms. The van der Waals surface area contributed by atoms with Crippen molar-refractivity contribution in [3.05, 3.63) is 94.5 Å². The van der Waals surface area contributed by atoms with Crippen molar-refractivity contribution in [3.63, 3.8) is 0 Å². The van der Waals surface area contributed by atoms with Crippen LogP contribution in [0.1, 0.15) is 86.6 Å². The smallest absolute Gasteiger partial charge is 0.278 e. The fourth-order valence-electron chi connectivity index (χ4n) is 5.62. The summed E-state index contributed by atoms with van der Waals surface area (Å²) in [4.78, 5) is 0. The van der Waals surface area contributed by atoms with E-state index in [9.17, 15) is 13.0 Å². The Labute approximate surface area is 217 Å². The van der Waals surface area contributed by atoms with E-state index in [2.05, 4.69) is 25.1 Å². The molecule has 0 saturated heterocycles. The van der Waals surface area contributed by atoms with E-state index in [0.29, 0.717) is 11.1 Å². The molecule has 0 aromatic heterocycles. The third-order valence-corrected chi connectivity index (χ3v) is 9.58. The second-order valence-corrected chi connectivity index (χ2v) is 12.5. The van der Waals surface area contributed by atoms with Crippen molar-refractivity contribution in [2.45, 2.75) is 83.3 Å². The molecule has 0 heterocycles. The van der Waals surface area contributed by atoms with Crippen LogP contribution < -0.4 is 0 Å². The zero-order chi connectivity index (χ0) is 25.8. The zero-order valence-corrected chi connectivity index (χ0v) is 22.8. The molecule has 0 saturated carbocycles. The van der Waals surface area contributed by atoms with E-state index in [1.165, 1.54) is 62.5 Å². The Hall–Kier alpha value is -2.43. The lowest BCUT2D eigenvalue weighted by molar-refractivity contribution is 0.453. The maximum atomic E-state index is 12.5. The fourth-order valence-corrected chi connectivity index (χ4v) is 6.49. The van der Waals surface area contributed by atoms with Crippen molar-refractivity contribution >= 4 is 10.1 Å². The summed E-state index contributed by atoms with van der Waals surface area (Å²) >= 11 is 0. The highest BCUT2D eigenvalue weighted by molar-refractivity contribution is 7.87. The van der Waals surface area contributed by atoms with E-state index >= 15 is 0 Å². The van der Waals surface area contributed by atoms with E-state index in [0.717, 1.165) is 29.0 Å². The molecule has 192 valence electrons. The largest absolute Gasteiger partial charge is 0.285 e. The molecule has 0 bridgehead atoms. The van der Waals surface area contributed by atoms with Crippen LogP contribution in [0.5, 0.6) is 0 Å². The van der Waals surface area contributed by atoms with Gasteiger partial charge in [-0.3, -0.25) is 4.55 Å². The van der Waals surface area contributed by atoms with Crippen LogP contribution in [0.3, 0.4) is 0 Å². The van der Waals surface area contributed by atoms with Crippen molar-refractivity contribution in [2.24, 2.45) is 5.92 Å². The van der Waals surface area contributed by atoms with E-state index in [4.69, 9.17) is 0 Å². The molecule has 0 radical (unpaired) electrons. The number of aryl methyl sites for hydroxylation is 1. The van der Waals surface area contributed by atoms with Crippen LogP contribution >= 0.6 is 0 Å². The molecule has 0 spiro atoms. The Kier molecular flexibility index (Phi) is 8.37. The van der Waals surface area contributed by atoms with Crippen molar-refractivity contribution in [3.8, 4) is 11.1 Å². The molecule has 3 aromatic rings. The molecule has 1 N–H and O–H groups in total. The first-order valence-corrected chi connectivity index (χ1v) is 14.9. The quantitative estimate of drug-likeness (QED) is 0.211. The lowest BCUT2D eigenvalue weighted by Gasteiger charge is -2.27. The molecule has 0 aliphatic heterocycles. The number of unbranched alkanes of at least 4 members (excludes halogenated alkanes) is 5. The summed E-state index contributed by atoms with van der Waals surface area (Å²) < 4.78 is 33.8. The number of fused-ring (bicyclic) bond motifs is 1. The normalized spacial score (nSPS) is 17.1. The van der Waals surface area contributed by atoms with Gasteiger partial charge in [-0.1, -0.05) is 118 Å². The summed E-state index contributed by atoms with van der Waals surface area (Å²) in [6.45, 7) is 5.79. The van der Waals surface area contributed by atoms with E-state index in [1.807, 2.05) is 43.3 Å². The first-order valence-electron chi connectivity index (χ1n) is 13.5. The zero-order valence-electron chi connectivity index (χ0n) is 22.0. The lowest BCUT2D eigenvalue weighted by Crippen LogP contribution is -2.33. The van der Waals surface area contributed by atoms with Gasteiger partial charge in [-0.15, -0.1) is 0 Å². The summed E-state index contributed by atoms with van der Waals surface area (Å²) in [5.41, 5.74) is 7.29. The maximum absolute atomic E-state index is 12.5. The highest BCUT2D eigenvalue weighted by Crippen LogP contribution is 2.39. The van der Waals surface area contributed by atoms with Crippen molar-refractivity contribution in [2.75, 3.05) is 0 Å². The predicted octanol–water partition coefficient (Wildman–Crippen LogP) is 8.28. The third-order valence-electron chi connectivity index (χ3n) is 8.08. The second kappa shape index (κ2) is 11.3. The lowest BCUT2D eigenvalue weighted by atomic mass is 9.90. The average Bonchev–Trinajstić information content (AvgIpc) is 3.27. The minimum atomic E-state index is -4.39. The van der Waals surface area contributed by atoms with Crippen LogP contribution in [0.4, 0.5) is 0 Å². The van der Waals surface area contributed by atoms with Crippen molar-refractivity contribution in [1.29, 1.82) is 0 Å². The molecule has 1 aliphatic rings. The van der Waals surface area contributed by atoms with E-state index < -0.39 is 14.9 Å². The van der Waals surface area contributed by atoms with Gasteiger partial charge < -0.3 is 0 Å². The topological polar surface area (TPSA) is 54.4 Å². The van der Waals surface area contributed by atoms with Crippen LogP contribution in [-0.4, -0.2) is 13.0 Å². The number of hydrogen-bond donors (Lipinski definition) is 1. The molecular formula is C32H40O3S. The van der Waals surface area contributed by atoms with Gasteiger partial charge in [0.2, 0.25) is 0 Å². The van der Waals surface area contributed by atoms with Gasteiger partial charge in [0.15, 0.2) is 0 Å². The standard InChI is InChI=1S/C32H40O3S/c1-4-5-6-7-8-9-10-25-21-27-13-14-28(23-29(27)22-25)26-15-19-31(20-16-26)32(3,36(33,34)35)30-17-11-24(2)12-18-30/h11-20,23,25H,4-10,21-22H2,1-3H3,(H,33,34,35). The van der Waals surface area contributed by atoms with Crippen LogP contribution in [0.15, 0.2) is 66.7 Å². The third kappa shape index (κ3) is 5.76. The minimum absolute atomic E-state index is 0.553. The van der Waals surface area contributed by atoms with Gasteiger partial charge in [0.05, 0.1) is 0 Å². The van der Waals surface area contributed by atoms with Crippen molar-refractivity contribution in [1.82, 2.24) is 0 Å². The van der Waals surface area contributed by atoms with Gasteiger partial charge in [0.25, 0.3) is 10.1 Å². The summed E-state index contributed by atoms with van der Waals surface area (Å²) in [5, 5.41) is 0. The molecule has 0 amide bonds. The molecule has 4 rings (SSSR count). The van der Waals surface area contributed by atoms with Gasteiger partial charge in [0.1, 0.15) is 4.75 Å². The van der Waals surface area contributed by atoms with Gasteiger partial charge in [-0.2, -0.15) is 8.42 Å². The van der Waals surface area contributed by atoms with Gasteiger partial charge in [-0.05, 0) is 72.4 Å².